The summed E-state index contributed by atoms with van der Waals surface area (Å²) in [5.41, 5.74) is 1.12. The molecule has 2 unspecified atom stereocenters. The van der Waals surface area contributed by atoms with E-state index in [0.29, 0.717) is 19.6 Å². The molecule has 0 bridgehead atoms. The third-order valence-electron chi connectivity index (χ3n) is 3.42. The standard InChI is InChI=1S/C17H21N3O2/c1-13-10-20(11-14(2)22-13)12-16(8-18)17(21)19-9-15-6-4-3-5-7-15/h3-7,12-14H,9-11H2,1-2H3,(H,19,21)/b16-12-. The maximum atomic E-state index is 12.1. The summed E-state index contributed by atoms with van der Waals surface area (Å²) in [4.78, 5) is 14.1. The molecule has 1 N–H and O–H groups in total. The molecule has 2 atom stereocenters. The molecule has 0 radical (unpaired) electrons. The largest absolute Gasteiger partial charge is 0.372 e. The summed E-state index contributed by atoms with van der Waals surface area (Å²) in [7, 11) is 0. The summed E-state index contributed by atoms with van der Waals surface area (Å²) in [5, 5.41) is 12.0. The van der Waals surface area contributed by atoms with E-state index in [1.807, 2.05) is 55.1 Å². The third-order valence-corrected chi connectivity index (χ3v) is 3.42. The Kier molecular flexibility index (Phi) is 5.56. The maximum absolute atomic E-state index is 12.1. The topological polar surface area (TPSA) is 65.4 Å². The molecule has 1 heterocycles. The van der Waals surface area contributed by atoms with Gasteiger partial charge in [0.15, 0.2) is 0 Å². The zero-order valence-corrected chi connectivity index (χ0v) is 13.0. The molecule has 2 rings (SSSR count). The number of nitrogens with one attached hydrogen (secondary N) is 1. The lowest BCUT2D eigenvalue weighted by molar-refractivity contribution is -0.117. The fourth-order valence-electron chi connectivity index (χ4n) is 2.52. The van der Waals surface area contributed by atoms with Crippen molar-refractivity contribution in [1.82, 2.24) is 10.2 Å². The Balaban J connectivity index is 1.96. The quantitative estimate of drug-likeness (QED) is 0.680. The molecule has 5 nitrogen and oxygen atoms in total. The minimum atomic E-state index is -0.349. The summed E-state index contributed by atoms with van der Waals surface area (Å²) < 4.78 is 5.64. The lowest BCUT2D eigenvalue weighted by atomic mass is 10.2. The summed E-state index contributed by atoms with van der Waals surface area (Å²) in [5.74, 6) is -0.349. The van der Waals surface area contributed by atoms with Gasteiger partial charge >= 0.3 is 0 Å². The van der Waals surface area contributed by atoms with E-state index in [4.69, 9.17) is 4.74 Å². The van der Waals surface area contributed by atoms with Crippen LogP contribution in [0, 0.1) is 11.3 Å². The Bertz CT molecular complexity index is 567. The fraction of sp³-hybridized carbons (Fsp3) is 0.412. The van der Waals surface area contributed by atoms with Crippen LogP contribution < -0.4 is 5.32 Å². The highest BCUT2D eigenvalue weighted by atomic mass is 16.5. The van der Waals surface area contributed by atoms with Crippen molar-refractivity contribution in [2.75, 3.05) is 13.1 Å². The van der Waals surface area contributed by atoms with Crippen LogP contribution in [0.15, 0.2) is 42.1 Å². The monoisotopic (exact) mass is 299 g/mol. The minimum Gasteiger partial charge on any atom is -0.372 e. The van der Waals surface area contributed by atoms with Gasteiger partial charge in [-0.1, -0.05) is 30.3 Å². The average molecular weight is 299 g/mol. The van der Waals surface area contributed by atoms with Crippen LogP contribution in [0.2, 0.25) is 0 Å². The van der Waals surface area contributed by atoms with E-state index in [9.17, 15) is 10.1 Å². The summed E-state index contributed by atoms with van der Waals surface area (Å²) >= 11 is 0. The van der Waals surface area contributed by atoms with Crippen molar-refractivity contribution < 1.29 is 9.53 Å². The smallest absolute Gasteiger partial charge is 0.263 e. The fourth-order valence-corrected chi connectivity index (χ4v) is 2.52. The zero-order valence-electron chi connectivity index (χ0n) is 13.0. The Labute approximate surface area is 131 Å². The lowest BCUT2D eigenvalue weighted by Gasteiger charge is -2.34. The molecule has 5 heteroatoms. The van der Waals surface area contributed by atoms with E-state index in [-0.39, 0.29) is 23.7 Å². The van der Waals surface area contributed by atoms with Crippen LogP contribution in [0.1, 0.15) is 19.4 Å². The first-order valence-corrected chi connectivity index (χ1v) is 7.42. The number of hydrogen-bond donors (Lipinski definition) is 1. The molecule has 1 aromatic carbocycles. The van der Waals surface area contributed by atoms with Crippen molar-refractivity contribution in [2.24, 2.45) is 0 Å². The van der Waals surface area contributed by atoms with Gasteiger partial charge in [0.1, 0.15) is 11.6 Å². The number of carbonyl (C=O) groups is 1. The van der Waals surface area contributed by atoms with Gasteiger partial charge < -0.3 is 15.0 Å². The second-order valence-electron chi connectivity index (χ2n) is 5.53. The number of rotatable bonds is 4. The van der Waals surface area contributed by atoms with Gasteiger partial charge in [0.25, 0.3) is 5.91 Å². The molecule has 1 aliphatic rings. The number of morpholine rings is 1. The minimum absolute atomic E-state index is 0.0901. The normalized spacial score (nSPS) is 22.0. The predicted octanol–water partition coefficient (Wildman–Crippen LogP) is 1.82. The lowest BCUT2D eigenvalue weighted by Crippen LogP contribution is -2.43. The van der Waals surface area contributed by atoms with Gasteiger partial charge in [-0.3, -0.25) is 4.79 Å². The average Bonchev–Trinajstić information content (AvgIpc) is 2.50. The molecular formula is C17H21N3O2. The van der Waals surface area contributed by atoms with Crippen LogP contribution in [0.5, 0.6) is 0 Å². The molecule has 1 amide bonds. The Morgan fingerprint density at radius 2 is 2.00 bits per heavy atom. The van der Waals surface area contributed by atoms with Crippen LogP contribution in [0.3, 0.4) is 0 Å². The van der Waals surface area contributed by atoms with Crippen LogP contribution in [-0.4, -0.2) is 36.1 Å². The zero-order chi connectivity index (χ0) is 15.9. The van der Waals surface area contributed by atoms with Crippen molar-refractivity contribution in [2.45, 2.75) is 32.6 Å². The van der Waals surface area contributed by atoms with E-state index in [1.54, 1.807) is 6.20 Å². The first-order chi connectivity index (χ1) is 10.6. The SMILES string of the molecule is CC1CN(/C=C(/C#N)C(=O)NCc2ccccc2)CC(C)O1. The van der Waals surface area contributed by atoms with E-state index in [2.05, 4.69) is 5.32 Å². The second-order valence-corrected chi connectivity index (χ2v) is 5.53. The number of nitrogens with zero attached hydrogens (tertiary/aromatic N) is 2. The summed E-state index contributed by atoms with van der Waals surface area (Å²) in [6, 6.07) is 11.6. The first-order valence-electron chi connectivity index (χ1n) is 7.42. The van der Waals surface area contributed by atoms with Gasteiger partial charge in [0.05, 0.1) is 12.2 Å². The van der Waals surface area contributed by atoms with E-state index in [1.165, 1.54) is 0 Å². The molecule has 22 heavy (non-hydrogen) atoms. The van der Waals surface area contributed by atoms with Gasteiger partial charge in [-0.05, 0) is 19.4 Å². The maximum Gasteiger partial charge on any atom is 0.263 e. The molecule has 0 spiro atoms. The second kappa shape index (κ2) is 7.62. The molecule has 0 aliphatic carbocycles. The van der Waals surface area contributed by atoms with E-state index >= 15 is 0 Å². The Morgan fingerprint density at radius 3 is 2.59 bits per heavy atom. The highest BCUT2D eigenvalue weighted by Crippen LogP contribution is 2.12. The van der Waals surface area contributed by atoms with Crippen molar-refractivity contribution >= 4 is 5.91 Å². The molecular weight excluding hydrogens is 278 g/mol. The molecule has 0 saturated carbocycles. The van der Waals surface area contributed by atoms with Gasteiger partial charge in [0, 0.05) is 25.8 Å². The van der Waals surface area contributed by atoms with Gasteiger partial charge in [0.2, 0.25) is 0 Å². The number of benzene rings is 1. The van der Waals surface area contributed by atoms with Gasteiger partial charge in [-0.15, -0.1) is 0 Å². The van der Waals surface area contributed by atoms with E-state index in [0.717, 1.165) is 5.56 Å². The van der Waals surface area contributed by atoms with Gasteiger partial charge in [-0.25, -0.2) is 0 Å². The Morgan fingerprint density at radius 1 is 1.36 bits per heavy atom. The number of hydrogen-bond acceptors (Lipinski definition) is 4. The van der Waals surface area contributed by atoms with E-state index < -0.39 is 0 Å². The molecule has 1 aromatic rings. The molecule has 1 aliphatic heterocycles. The van der Waals surface area contributed by atoms with Crippen LogP contribution >= 0.6 is 0 Å². The highest BCUT2D eigenvalue weighted by Gasteiger charge is 2.21. The van der Waals surface area contributed by atoms with Crippen molar-refractivity contribution in [1.29, 1.82) is 5.26 Å². The first kappa shape index (κ1) is 16.1. The van der Waals surface area contributed by atoms with Crippen LogP contribution in [0.4, 0.5) is 0 Å². The number of carbonyl (C=O) groups excluding carboxylic acids is 1. The highest BCUT2D eigenvalue weighted by molar-refractivity contribution is 5.97. The number of amides is 1. The predicted molar refractivity (Wildman–Crippen MR) is 83.6 cm³/mol. The van der Waals surface area contributed by atoms with Gasteiger partial charge in [-0.2, -0.15) is 5.26 Å². The van der Waals surface area contributed by atoms with Crippen molar-refractivity contribution in [3.63, 3.8) is 0 Å². The van der Waals surface area contributed by atoms with Crippen molar-refractivity contribution in [3.8, 4) is 6.07 Å². The molecule has 1 saturated heterocycles. The van der Waals surface area contributed by atoms with Crippen molar-refractivity contribution in [3.05, 3.63) is 47.7 Å². The molecule has 0 aromatic heterocycles. The van der Waals surface area contributed by atoms with Crippen LogP contribution in [-0.2, 0) is 16.1 Å². The third kappa shape index (κ3) is 4.61. The van der Waals surface area contributed by atoms with Crippen LogP contribution in [0.25, 0.3) is 0 Å². The molecule has 116 valence electrons. The Hall–Kier alpha value is -2.32. The number of ether oxygens (including phenoxy) is 1. The summed E-state index contributed by atoms with van der Waals surface area (Å²) in [6.07, 6.45) is 1.81. The number of nitriles is 1. The molecule has 1 fully saturated rings. The summed E-state index contributed by atoms with van der Waals surface area (Å²) in [6.45, 7) is 5.74.